The first kappa shape index (κ1) is 14.9. The van der Waals surface area contributed by atoms with Gasteiger partial charge in [0.2, 0.25) is 0 Å². The fourth-order valence-corrected chi connectivity index (χ4v) is 1.56. The van der Waals surface area contributed by atoms with E-state index in [1.165, 1.54) is 19.3 Å². The minimum Gasteiger partial charge on any atom is -0.382 e. The quantitative estimate of drug-likeness (QED) is 0.565. The van der Waals surface area contributed by atoms with Crippen LogP contribution in [0.1, 0.15) is 47.0 Å². The molecule has 15 heavy (non-hydrogen) atoms. The zero-order chi connectivity index (χ0) is 11.5. The minimum absolute atomic E-state index is 0.759. The van der Waals surface area contributed by atoms with Gasteiger partial charge in [-0.25, -0.2) is 0 Å². The van der Waals surface area contributed by atoms with E-state index in [0.29, 0.717) is 0 Å². The number of nitrogens with one attached hydrogen (secondary N) is 1. The zero-order valence-electron chi connectivity index (χ0n) is 11.0. The van der Waals surface area contributed by atoms with E-state index in [2.05, 4.69) is 33.0 Å². The molecule has 1 N–H and O–H groups in total. The van der Waals surface area contributed by atoms with E-state index >= 15 is 0 Å². The monoisotopic (exact) mass is 215 g/mol. The van der Waals surface area contributed by atoms with E-state index in [-0.39, 0.29) is 0 Å². The molecule has 0 spiro atoms. The van der Waals surface area contributed by atoms with Crippen molar-refractivity contribution in [3.8, 4) is 0 Å². The summed E-state index contributed by atoms with van der Waals surface area (Å²) in [6.45, 7) is 13.0. The van der Waals surface area contributed by atoms with Crippen molar-refractivity contribution in [2.75, 3.05) is 26.3 Å². The van der Waals surface area contributed by atoms with Crippen LogP contribution in [0.4, 0.5) is 0 Å². The van der Waals surface area contributed by atoms with E-state index in [4.69, 9.17) is 4.74 Å². The van der Waals surface area contributed by atoms with Crippen LogP contribution < -0.4 is 5.32 Å². The summed E-state index contributed by atoms with van der Waals surface area (Å²) < 4.78 is 5.31. The molecular weight excluding hydrogens is 186 g/mol. The first-order valence-electron chi connectivity index (χ1n) is 6.45. The summed E-state index contributed by atoms with van der Waals surface area (Å²) in [7, 11) is 0. The fourth-order valence-electron chi connectivity index (χ4n) is 1.56. The molecule has 0 amide bonds. The first-order valence-corrected chi connectivity index (χ1v) is 6.45. The Morgan fingerprint density at radius 1 is 1.07 bits per heavy atom. The summed E-state index contributed by atoms with van der Waals surface area (Å²) in [6.07, 6.45) is 3.82. The van der Waals surface area contributed by atoms with E-state index in [1.807, 2.05) is 0 Å². The Morgan fingerprint density at radius 2 is 1.80 bits per heavy atom. The molecule has 0 aromatic carbocycles. The number of ether oxygens (including phenoxy) is 1. The summed E-state index contributed by atoms with van der Waals surface area (Å²) in [5, 5.41) is 3.51. The summed E-state index contributed by atoms with van der Waals surface area (Å²) in [5.74, 6) is 1.56. The molecule has 0 aromatic rings. The third-order valence-electron chi connectivity index (χ3n) is 2.49. The Bertz CT molecular complexity index is 126. The number of hydrogen-bond acceptors (Lipinski definition) is 2. The molecule has 0 saturated carbocycles. The van der Waals surface area contributed by atoms with E-state index < -0.39 is 0 Å². The summed E-state index contributed by atoms with van der Waals surface area (Å²) in [5.41, 5.74) is 0. The zero-order valence-corrected chi connectivity index (χ0v) is 11.0. The van der Waals surface area contributed by atoms with Crippen LogP contribution in [0, 0.1) is 11.8 Å². The predicted molar refractivity (Wildman–Crippen MR) is 67.2 cm³/mol. The highest BCUT2D eigenvalue weighted by Crippen LogP contribution is 2.06. The van der Waals surface area contributed by atoms with Crippen molar-refractivity contribution in [1.82, 2.24) is 5.32 Å². The van der Waals surface area contributed by atoms with Crippen LogP contribution in [0.15, 0.2) is 0 Å². The topological polar surface area (TPSA) is 21.3 Å². The molecule has 0 heterocycles. The van der Waals surface area contributed by atoms with Crippen LogP contribution in [0.3, 0.4) is 0 Å². The lowest BCUT2D eigenvalue weighted by molar-refractivity contribution is 0.142. The van der Waals surface area contributed by atoms with Gasteiger partial charge in [-0.3, -0.25) is 0 Å². The van der Waals surface area contributed by atoms with Crippen molar-refractivity contribution in [1.29, 1.82) is 0 Å². The van der Waals surface area contributed by atoms with E-state index in [1.54, 1.807) is 0 Å². The fraction of sp³-hybridized carbons (Fsp3) is 1.00. The highest BCUT2D eigenvalue weighted by molar-refractivity contribution is 4.58. The molecule has 2 heteroatoms. The predicted octanol–water partition coefficient (Wildman–Crippen LogP) is 3.07. The van der Waals surface area contributed by atoms with Crippen LogP contribution in [-0.4, -0.2) is 26.3 Å². The number of rotatable bonds is 10. The van der Waals surface area contributed by atoms with Crippen LogP contribution in [-0.2, 0) is 4.74 Å². The third kappa shape index (κ3) is 11.8. The number of hydrogen-bond donors (Lipinski definition) is 1. The summed E-state index contributed by atoms with van der Waals surface area (Å²) in [6, 6.07) is 0. The van der Waals surface area contributed by atoms with Gasteiger partial charge in [0.25, 0.3) is 0 Å². The maximum Gasteiger partial charge on any atom is 0.0465 e. The molecule has 0 aliphatic heterocycles. The highest BCUT2D eigenvalue weighted by Gasteiger charge is 2.01. The van der Waals surface area contributed by atoms with E-state index in [0.717, 1.165) is 38.1 Å². The highest BCUT2D eigenvalue weighted by atomic mass is 16.5. The first-order chi connectivity index (χ1) is 7.16. The minimum atomic E-state index is 0.759. The SMILES string of the molecule is CCOCCCCC(C)CNCC(C)C. The maximum atomic E-state index is 5.31. The van der Waals surface area contributed by atoms with Gasteiger partial charge in [0.1, 0.15) is 0 Å². The Labute approximate surface area is 95.8 Å². The second-order valence-electron chi connectivity index (χ2n) is 4.85. The van der Waals surface area contributed by atoms with Crippen molar-refractivity contribution in [2.24, 2.45) is 11.8 Å². The lowest BCUT2D eigenvalue weighted by atomic mass is 10.0. The summed E-state index contributed by atoms with van der Waals surface area (Å²) in [4.78, 5) is 0. The van der Waals surface area contributed by atoms with E-state index in [9.17, 15) is 0 Å². The van der Waals surface area contributed by atoms with Crippen molar-refractivity contribution in [3.63, 3.8) is 0 Å². The van der Waals surface area contributed by atoms with Gasteiger partial charge >= 0.3 is 0 Å². The van der Waals surface area contributed by atoms with Crippen molar-refractivity contribution in [3.05, 3.63) is 0 Å². The molecule has 0 fully saturated rings. The normalized spacial score (nSPS) is 13.4. The Morgan fingerprint density at radius 3 is 2.40 bits per heavy atom. The van der Waals surface area contributed by atoms with Gasteiger partial charge in [-0.2, -0.15) is 0 Å². The van der Waals surface area contributed by atoms with Gasteiger partial charge < -0.3 is 10.1 Å². The van der Waals surface area contributed by atoms with Crippen LogP contribution in [0.5, 0.6) is 0 Å². The molecule has 2 nitrogen and oxygen atoms in total. The molecule has 0 radical (unpaired) electrons. The lowest BCUT2D eigenvalue weighted by Gasteiger charge is -2.13. The molecule has 0 saturated heterocycles. The molecule has 1 unspecified atom stereocenters. The van der Waals surface area contributed by atoms with Crippen LogP contribution in [0.2, 0.25) is 0 Å². The van der Waals surface area contributed by atoms with Crippen LogP contribution >= 0.6 is 0 Å². The molecule has 0 rings (SSSR count). The van der Waals surface area contributed by atoms with Crippen LogP contribution in [0.25, 0.3) is 0 Å². The average Bonchev–Trinajstić information content (AvgIpc) is 2.17. The molecule has 92 valence electrons. The number of unbranched alkanes of at least 4 members (excludes halogenated alkanes) is 1. The van der Waals surface area contributed by atoms with Crippen molar-refractivity contribution < 1.29 is 4.74 Å². The standard InChI is InChI=1S/C13H29NO/c1-5-15-9-7-6-8-13(4)11-14-10-12(2)3/h12-14H,5-11H2,1-4H3. The maximum absolute atomic E-state index is 5.31. The van der Waals surface area contributed by atoms with Gasteiger partial charge in [-0.05, 0) is 44.7 Å². The van der Waals surface area contributed by atoms with Gasteiger partial charge in [0, 0.05) is 13.2 Å². The molecule has 0 aliphatic rings. The van der Waals surface area contributed by atoms with Gasteiger partial charge in [-0.1, -0.05) is 27.2 Å². The molecule has 0 aromatic heterocycles. The second kappa shape index (κ2) is 10.4. The molecule has 1 atom stereocenters. The molecular formula is C13H29NO. The Kier molecular flexibility index (Phi) is 10.4. The average molecular weight is 215 g/mol. The Hall–Kier alpha value is -0.0800. The summed E-state index contributed by atoms with van der Waals surface area (Å²) >= 11 is 0. The molecule has 0 bridgehead atoms. The van der Waals surface area contributed by atoms with Gasteiger partial charge in [0.05, 0.1) is 0 Å². The van der Waals surface area contributed by atoms with Crippen molar-refractivity contribution in [2.45, 2.75) is 47.0 Å². The lowest BCUT2D eigenvalue weighted by Crippen LogP contribution is -2.25. The largest absolute Gasteiger partial charge is 0.382 e. The van der Waals surface area contributed by atoms with Gasteiger partial charge in [0.15, 0.2) is 0 Å². The van der Waals surface area contributed by atoms with Gasteiger partial charge in [-0.15, -0.1) is 0 Å². The third-order valence-corrected chi connectivity index (χ3v) is 2.49. The molecule has 0 aliphatic carbocycles. The second-order valence-corrected chi connectivity index (χ2v) is 4.85. The van der Waals surface area contributed by atoms with Crippen molar-refractivity contribution >= 4 is 0 Å². The smallest absolute Gasteiger partial charge is 0.0465 e. The Balaban J connectivity index is 3.15.